The lowest BCUT2D eigenvalue weighted by Crippen LogP contribution is -2.48. The zero-order valence-corrected chi connectivity index (χ0v) is 12.0. The second kappa shape index (κ2) is 6.68. The molecule has 1 saturated heterocycles. The number of amides is 1. The van der Waals surface area contributed by atoms with Crippen molar-refractivity contribution < 1.29 is 9.53 Å². The SMILES string of the molecule is CC1(C(=O)NCCCN2CCOCC2)CCCC1N. The van der Waals surface area contributed by atoms with E-state index in [0.717, 1.165) is 65.1 Å². The van der Waals surface area contributed by atoms with Gasteiger partial charge in [0.25, 0.3) is 0 Å². The van der Waals surface area contributed by atoms with Crippen LogP contribution >= 0.6 is 0 Å². The summed E-state index contributed by atoms with van der Waals surface area (Å²) >= 11 is 0. The zero-order valence-electron chi connectivity index (χ0n) is 12.0. The molecule has 1 amide bonds. The van der Waals surface area contributed by atoms with Crippen LogP contribution in [0.2, 0.25) is 0 Å². The molecule has 2 unspecified atom stereocenters. The zero-order chi connectivity index (χ0) is 13.7. The second-order valence-electron chi connectivity index (χ2n) is 5.98. The molecule has 0 radical (unpaired) electrons. The Morgan fingerprint density at radius 3 is 2.84 bits per heavy atom. The van der Waals surface area contributed by atoms with Crippen LogP contribution in [0.4, 0.5) is 0 Å². The predicted molar refractivity (Wildman–Crippen MR) is 74.8 cm³/mol. The number of nitrogens with zero attached hydrogens (tertiary/aromatic N) is 1. The van der Waals surface area contributed by atoms with Crippen molar-refractivity contribution in [3.8, 4) is 0 Å². The lowest BCUT2D eigenvalue weighted by Gasteiger charge is -2.28. The fraction of sp³-hybridized carbons (Fsp3) is 0.929. The van der Waals surface area contributed by atoms with Gasteiger partial charge in [0.05, 0.1) is 18.6 Å². The number of nitrogens with two attached hydrogens (primary N) is 1. The fourth-order valence-corrected chi connectivity index (χ4v) is 3.01. The number of hydrogen-bond acceptors (Lipinski definition) is 4. The minimum Gasteiger partial charge on any atom is -0.379 e. The van der Waals surface area contributed by atoms with Gasteiger partial charge in [0.15, 0.2) is 0 Å². The van der Waals surface area contributed by atoms with Gasteiger partial charge in [0.2, 0.25) is 5.91 Å². The number of rotatable bonds is 5. The van der Waals surface area contributed by atoms with Crippen molar-refractivity contribution in [3.63, 3.8) is 0 Å². The van der Waals surface area contributed by atoms with Gasteiger partial charge in [-0.3, -0.25) is 9.69 Å². The molecule has 1 saturated carbocycles. The van der Waals surface area contributed by atoms with Gasteiger partial charge in [-0.05, 0) is 32.7 Å². The summed E-state index contributed by atoms with van der Waals surface area (Å²) in [6.45, 7) is 7.47. The molecule has 0 spiro atoms. The average molecular weight is 269 g/mol. The van der Waals surface area contributed by atoms with Crippen LogP contribution < -0.4 is 11.1 Å². The highest BCUT2D eigenvalue weighted by molar-refractivity contribution is 5.83. The summed E-state index contributed by atoms with van der Waals surface area (Å²) in [7, 11) is 0. The normalized spacial score (nSPS) is 32.4. The minimum atomic E-state index is -0.348. The van der Waals surface area contributed by atoms with Gasteiger partial charge >= 0.3 is 0 Å². The molecule has 0 aromatic carbocycles. The summed E-state index contributed by atoms with van der Waals surface area (Å²) in [6.07, 6.45) is 3.96. The van der Waals surface area contributed by atoms with Crippen molar-refractivity contribution in [3.05, 3.63) is 0 Å². The molecule has 2 aliphatic rings. The third-order valence-electron chi connectivity index (χ3n) is 4.59. The minimum absolute atomic E-state index is 0.0201. The summed E-state index contributed by atoms with van der Waals surface area (Å²) in [5.74, 6) is 0.138. The van der Waals surface area contributed by atoms with Crippen molar-refractivity contribution >= 4 is 5.91 Å². The Morgan fingerprint density at radius 1 is 1.47 bits per heavy atom. The molecule has 2 fully saturated rings. The van der Waals surface area contributed by atoms with Crippen molar-refractivity contribution in [2.24, 2.45) is 11.1 Å². The van der Waals surface area contributed by atoms with E-state index < -0.39 is 0 Å². The largest absolute Gasteiger partial charge is 0.379 e. The summed E-state index contributed by atoms with van der Waals surface area (Å²) < 4.78 is 5.31. The Balaban J connectivity index is 1.63. The van der Waals surface area contributed by atoms with E-state index in [1.807, 2.05) is 6.92 Å². The molecular formula is C14H27N3O2. The molecule has 0 aromatic heterocycles. The Labute approximate surface area is 115 Å². The van der Waals surface area contributed by atoms with Crippen molar-refractivity contribution in [1.82, 2.24) is 10.2 Å². The van der Waals surface area contributed by atoms with E-state index >= 15 is 0 Å². The summed E-state index contributed by atoms with van der Waals surface area (Å²) in [4.78, 5) is 14.6. The number of ether oxygens (including phenoxy) is 1. The fourth-order valence-electron chi connectivity index (χ4n) is 3.01. The number of nitrogens with one attached hydrogen (secondary N) is 1. The van der Waals surface area contributed by atoms with E-state index in [4.69, 9.17) is 10.5 Å². The van der Waals surface area contributed by atoms with E-state index in [-0.39, 0.29) is 17.4 Å². The van der Waals surface area contributed by atoms with Crippen molar-refractivity contribution in [2.45, 2.75) is 38.6 Å². The molecule has 5 nitrogen and oxygen atoms in total. The molecule has 2 atom stereocenters. The molecule has 2 rings (SSSR count). The first-order valence-corrected chi connectivity index (χ1v) is 7.47. The van der Waals surface area contributed by atoms with Crippen molar-refractivity contribution in [2.75, 3.05) is 39.4 Å². The summed E-state index contributed by atoms with van der Waals surface area (Å²) in [5.41, 5.74) is 5.70. The average Bonchev–Trinajstić information content (AvgIpc) is 2.77. The van der Waals surface area contributed by atoms with Crippen LogP contribution in [-0.4, -0.2) is 56.2 Å². The number of carbonyl (C=O) groups excluding carboxylic acids is 1. The van der Waals surface area contributed by atoms with Gasteiger partial charge in [-0.2, -0.15) is 0 Å². The van der Waals surface area contributed by atoms with Crippen LogP contribution in [0, 0.1) is 5.41 Å². The molecule has 5 heteroatoms. The third kappa shape index (κ3) is 3.68. The molecule has 0 aromatic rings. The van der Waals surface area contributed by atoms with Crippen LogP contribution in [0.1, 0.15) is 32.6 Å². The highest BCUT2D eigenvalue weighted by atomic mass is 16.5. The smallest absolute Gasteiger partial charge is 0.227 e. The number of hydrogen-bond donors (Lipinski definition) is 2. The lowest BCUT2D eigenvalue weighted by atomic mass is 9.84. The number of morpholine rings is 1. The molecule has 110 valence electrons. The Hall–Kier alpha value is -0.650. The summed E-state index contributed by atoms with van der Waals surface area (Å²) in [5, 5.41) is 3.06. The summed E-state index contributed by atoms with van der Waals surface area (Å²) in [6, 6.07) is 0.0201. The quantitative estimate of drug-likeness (QED) is 0.706. The van der Waals surface area contributed by atoms with Gasteiger partial charge in [-0.1, -0.05) is 6.42 Å². The highest BCUT2D eigenvalue weighted by Gasteiger charge is 2.42. The van der Waals surface area contributed by atoms with Crippen LogP contribution in [0.5, 0.6) is 0 Å². The maximum Gasteiger partial charge on any atom is 0.227 e. The van der Waals surface area contributed by atoms with E-state index in [1.165, 1.54) is 0 Å². The second-order valence-corrected chi connectivity index (χ2v) is 5.98. The lowest BCUT2D eigenvalue weighted by molar-refractivity contribution is -0.130. The van der Waals surface area contributed by atoms with Crippen LogP contribution in [0.3, 0.4) is 0 Å². The molecule has 3 N–H and O–H groups in total. The first-order chi connectivity index (χ1) is 9.13. The maximum atomic E-state index is 12.2. The van der Waals surface area contributed by atoms with Crippen LogP contribution in [-0.2, 0) is 9.53 Å². The molecule has 1 aliphatic carbocycles. The topological polar surface area (TPSA) is 67.6 Å². The highest BCUT2D eigenvalue weighted by Crippen LogP contribution is 2.36. The van der Waals surface area contributed by atoms with Gasteiger partial charge < -0.3 is 15.8 Å². The molecule has 0 bridgehead atoms. The molecule has 1 heterocycles. The molecular weight excluding hydrogens is 242 g/mol. The van der Waals surface area contributed by atoms with Crippen LogP contribution in [0.25, 0.3) is 0 Å². The van der Waals surface area contributed by atoms with Gasteiger partial charge in [0.1, 0.15) is 0 Å². The standard InChI is InChI=1S/C14H27N3O2/c1-14(5-2-4-12(14)15)13(18)16-6-3-7-17-8-10-19-11-9-17/h12H,2-11,15H2,1H3,(H,16,18). The van der Waals surface area contributed by atoms with Gasteiger partial charge in [0, 0.05) is 25.7 Å². The number of carbonyl (C=O) groups is 1. The molecule has 19 heavy (non-hydrogen) atoms. The molecule has 1 aliphatic heterocycles. The van der Waals surface area contributed by atoms with Gasteiger partial charge in [-0.25, -0.2) is 0 Å². The van der Waals surface area contributed by atoms with E-state index in [2.05, 4.69) is 10.2 Å². The van der Waals surface area contributed by atoms with E-state index in [1.54, 1.807) is 0 Å². The Bertz CT molecular complexity index is 305. The monoisotopic (exact) mass is 269 g/mol. The van der Waals surface area contributed by atoms with Crippen LogP contribution in [0.15, 0.2) is 0 Å². The predicted octanol–water partition coefficient (Wildman–Crippen LogP) is 0.342. The van der Waals surface area contributed by atoms with E-state index in [9.17, 15) is 4.79 Å². The Kier molecular flexibility index (Phi) is 5.19. The first kappa shape index (κ1) is 14.8. The Morgan fingerprint density at radius 2 is 2.21 bits per heavy atom. The van der Waals surface area contributed by atoms with E-state index in [0.29, 0.717) is 0 Å². The van der Waals surface area contributed by atoms with Crippen molar-refractivity contribution in [1.29, 1.82) is 0 Å². The maximum absolute atomic E-state index is 12.2. The first-order valence-electron chi connectivity index (χ1n) is 7.47. The van der Waals surface area contributed by atoms with Gasteiger partial charge in [-0.15, -0.1) is 0 Å². The third-order valence-corrected chi connectivity index (χ3v) is 4.59.